The summed E-state index contributed by atoms with van der Waals surface area (Å²) in [5.74, 6) is 1.51. The quantitative estimate of drug-likeness (QED) is 0.185. The zero-order chi connectivity index (χ0) is 32.9. The van der Waals surface area contributed by atoms with Gasteiger partial charge in [0.15, 0.2) is 17.5 Å². The van der Waals surface area contributed by atoms with Gasteiger partial charge in [0.25, 0.3) is 0 Å². The molecule has 6 nitrogen and oxygen atoms in total. The Morgan fingerprint density at radius 1 is 0.292 bits per heavy atom. The van der Waals surface area contributed by atoms with E-state index in [1.165, 1.54) is 0 Å². The minimum atomic E-state index is 0.502. The molecule has 0 aliphatic carbocycles. The van der Waals surface area contributed by atoms with Crippen LogP contribution in [0.2, 0.25) is 0 Å². The van der Waals surface area contributed by atoms with Gasteiger partial charge in [-0.25, -0.2) is 15.0 Å². The molecule has 48 heavy (non-hydrogen) atoms. The van der Waals surface area contributed by atoms with Gasteiger partial charge in [-0.2, -0.15) is 15.8 Å². The zero-order valence-corrected chi connectivity index (χ0v) is 25.5. The molecular weight excluding hydrogens is 589 g/mol. The molecule has 6 aromatic carbocycles. The van der Waals surface area contributed by atoms with Crippen molar-refractivity contribution in [3.05, 3.63) is 162 Å². The predicted octanol–water partition coefficient (Wildman–Crippen LogP) is 9.49. The summed E-state index contributed by atoms with van der Waals surface area (Å²) in [5.41, 5.74) is 9.74. The number of benzene rings is 6. The van der Waals surface area contributed by atoms with Gasteiger partial charge in [0, 0.05) is 16.7 Å². The molecule has 222 valence electrons. The fourth-order valence-corrected chi connectivity index (χ4v) is 5.58. The van der Waals surface area contributed by atoms with Gasteiger partial charge in [0.05, 0.1) is 34.9 Å². The summed E-state index contributed by atoms with van der Waals surface area (Å²) in [6.07, 6.45) is 0. The summed E-state index contributed by atoms with van der Waals surface area (Å²) in [4.78, 5) is 14.9. The first-order valence-corrected chi connectivity index (χ1v) is 15.2. The lowest BCUT2D eigenvalue weighted by molar-refractivity contribution is 1.07. The van der Waals surface area contributed by atoms with Crippen molar-refractivity contribution in [2.75, 3.05) is 0 Å². The lowest BCUT2D eigenvalue weighted by atomic mass is 10.00. The van der Waals surface area contributed by atoms with Gasteiger partial charge in [-0.1, -0.05) is 91.0 Å². The van der Waals surface area contributed by atoms with E-state index >= 15 is 0 Å². The average Bonchev–Trinajstić information content (AvgIpc) is 3.18. The van der Waals surface area contributed by atoms with Crippen LogP contribution in [0.15, 0.2) is 146 Å². The first-order chi connectivity index (χ1) is 23.6. The van der Waals surface area contributed by atoms with E-state index in [4.69, 9.17) is 15.0 Å². The smallest absolute Gasteiger partial charge is 0.164 e. The highest BCUT2D eigenvalue weighted by Crippen LogP contribution is 2.32. The lowest BCUT2D eigenvalue weighted by Gasteiger charge is -2.11. The van der Waals surface area contributed by atoms with E-state index < -0.39 is 0 Å². The molecule has 0 spiro atoms. The maximum absolute atomic E-state index is 9.45. The summed E-state index contributed by atoms with van der Waals surface area (Å²) >= 11 is 0. The Morgan fingerprint density at radius 2 is 0.521 bits per heavy atom. The zero-order valence-electron chi connectivity index (χ0n) is 25.5. The predicted molar refractivity (Wildman–Crippen MR) is 187 cm³/mol. The van der Waals surface area contributed by atoms with Gasteiger partial charge in [-0.3, -0.25) is 0 Å². The monoisotopic (exact) mass is 612 g/mol. The van der Waals surface area contributed by atoms with Crippen molar-refractivity contribution in [2.24, 2.45) is 0 Å². The van der Waals surface area contributed by atoms with Gasteiger partial charge >= 0.3 is 0 Å². The summed E-state index contributed by atoms with van der Waals surface area (Å²) < 4.78 is 0. The lowest BCUT2D eigenvalue weighted by Crippen LogP contribution is -2.00. The van der Waals surface area contributed by atoms with Crippen molar-refractivity contribution in [3.63, 3.8) is 0 Å². The largest absolute Gasteiger partial charge is 0.208 e. The first-order valence-electron chi connectivity index (χ1n) is 15.2. The van der Waals surface area contributed by atoms with Crippen LogP contribution in [0.1, 0.15) is 16.7 Å². The van der Waals surface area contributed by atoms with Gasteiger partial charge in [-0.15, -0.1) is 0 Å². The molecule has 0 aliphatic rings. The standard InChI is InChI=1S/C42H24N6/c43-25-28-7-1-10-31(19-28)34-13-4-16-37(22-34)40-46-41(38-17-5-14-35(23-38)32-11-2-8-29(20-32)26-44)48-42(47-40)39-18-6-15-36(24-39)33-12-3-9-30(21-33)27-45/h1-24H. The van der Waals surface area contributed by atoms with E-state index in [2.05, 4.69) is 18.2 Å². The van der Waals surface area contributed by atoms with Crippen LogP contribution in [0.3, 0.4) is 0 Å². The molecule has 0 saturated heterocycles. The normalized spacial score (nSPS) is 10.4. The van der Waals surface area contributed by atoms with Crippen LogP contribution < -0.4 is 0 Å². The van der Waals surface area contributed by atoms with E-state index in [-0.39, 0.29) is 0 Å². The molecule has 0 aliphatic heterocycles. The summed E-state index contributed by atoms with van der Waals surface area (Å²) in [6.45, 7) is 0. The summed E-state index contributed by atoms with van der Waals surface area (Å²) in [5, 5.41) is 28.4. The van der Waals surface area contributed by atoms with Crippen molar-refractivity contribution in [1.29, 1.82) is 15.8 Å². The average molecular weight is 613 g/mol. The Hall–Kier alpha value is -7.20. The van der Waals surface area contributed by atoms with Gasteiger partial charge in [0.2, 0.25) is 0 Å². The number of hydrogen-bond acceptors (Lipinski definition) is 6. The van der Waals surface area contributed by atoms with E-state index in [0.717, 1.165) is 50.1 Å². The molecule has 0 bridgehead atoms. The van der Waals surface area contributed by atoms with E-state index in [1.54, 1.807) is 18.2 Å². The van der Waals surface area contributed by atoms with Crippen LogP contribution in [0.25, 0.3) is 67.5 Å². The Kier molecular flexibility index (Phi) is 8.01. The van der Waals surface area contributed by atoms with E-state index in [0.29, 0.717) is 34.2 Å². The van der Waals surface area contributed by atoms with Crippen molar-refractivity contribution >= 4 is 0 Å². The molecule has 0 fully saturated rings. The third-order valence-corrected chi connectivity index (χ3v) is 7.97. The first kappa shape index (κ1) is 29.5. The van der Waals surface area contributed by atoms with Gasteiger partial charge < -0.3 is 0 Å². The number of aromatic nitrogens is 3. The molecule has 0 atom stereocenters. The number of nitriles is 3. The third kappa shape index (κ3) is 6.17. The highest BCUT2D eigenvalue weighted by Gasteiger charge is 2.15. The molecule has 6 heteroatoms. The highest BCUT2D eigenvalue weighted by molar-refractivity contribution is 5.77. The molecule has 1 aromatic heterocycles. The van der Waals surface area contributed by atoms with Crippen LogP contribution in [-0.2, 0) is 0 Å². The molecule has 0 unspecified atom stereocenters. The number of hydrogen-bond donors (Lipinski definition) is 0. The number of nitrogens with zero attached hydrogens (tertiary/aromatic N) is 6. The maximum atomic E-state index is 9.45. The van der Waals surface area contributed by atoms with Gasteiger partial charge in [0.1, 0.15) is 0 Å². The second-order valence-electron chi connectivity index (χ2n) is 11.1. The number of rotatable bonds is 6. The van der Waals surface area contributed by atoms with Gasteiger partial charge in [-0.05, 0) is 88.0 Å². The van der Waals surface area contributed by atoms with Crippen LogP contribution in [-0.4, -0.2) is 15.0 Å². The Labute approximate surface area is 278 Å². The molecule has 0 radical (unpaired) electrons. The van der Waals surface area contributed by atoms with Crippen LogP contribution in [0.4, 0.5) is 0 Å². The molecule has 7 aromatic rings. The van der Waals surface area contributed by atoms with E-state index in [1.807, 2.05) is 127 Å². The molecular formula is C42H24N6. The fourth-order valence-electron chi connectivity index (χ4n) is 5.58. The van der Waals surface area contributed by atoms with Crippen molar-refractivity contribution in [1.82, 2.24) is 15.0 Å². The Bertz CT molecular complexity index is 2170. The molecule has 0 N–H and O–H groups in total. The topological polar surface area (TPSA) is 110 Å². The molecule has 0 saturated carbocycles. The molecule has 1 heterocycles. The minimum Gasteiger partial charge on any atom is -0.208 e. The van der Waals surface area contributed by atoms with Crippen LogP contribution in [0.5, 0.6) is 0 Å². The second-order valence-corrected chi connectivity index (χ2v) is 11.1. The molecule has 0 amide bonds. The van der Waals surface area contributed by atoms with Crippen LogP contribution in [0, 0.1) is 34.0 Å². The minimum absolute atomic E-state index is 0.502. The van der Waals surface area contributed by atoms with Crippen molar-refractivity contribution < 1.29 is 0 Å². The molecule has 7 rings (SSSR count). The Morgan fingerprint density at radius 3 is 0.792 bits per heavy atom. The summed E-state index contributed by atoms with van der Waals surface area (Å²) in [7, 11) is 0. The highest BCUT2D eigenvalue weighted by atomic mass is 15.0. The summed E-state index contributed by atoms with van der Waals surface area (Å²) in [6, 6.07) is 53.0. The maximum Gasteiger partial charge on any atom is 0.164 e. The van der Waals surface area contributed by atoms with Crippen molar-refractivity contribution in [3.8, 4) is 85.8 Å². The third-order valence-electron chi connectivity index (χ3n) is 7.97. The second kappa shape index (κ2) is 13.0. The Balaban J connectivity index is 1.38. The van der Waals surface area contributed by atoms with Crippen LogP contribution >= 0.6 is 0 Å². The SMILES string of the molecule is N#Cc1cccc(-c2cccc(-c3nc(-c4cccc(-c5cccc(C#N)c5)c4)nc(-c4cccc(-c5cccc(C#N)c5)c4)n3)c2)c1. The van der Waals surface area contributed by atoms with E-state index in [9.17, 15) is 15.8 Å². The fraction of sp³-hybridized carbons (Fsp3) is 0. The van der Waals surface area contributed by atoms with Crippen molar-refractivity contribution in [2.45, 2.75) is 0 Å².